The highest BCUT2D eigenvalue weighted by molar-refractivity contribution is 5.38. The number of rotatable bonds is 4. The van der Waals surface area contributed by atoms with E-state index in [2.05, 4.69) is 21.6 Å². The molecule has 0 aliphatic carbocycles. The van der Waals surface area contributed by atoms with Crippen LogP contribution in [-0.2, 0) is 20.0 Å². The van der Waals surface area contributed by atoms with Crippen LogP contribution in [0.3, 0.4) is 0 Å². The molecule has 1 N–H and O–H groups in total. The average Bonchev–Trinajstić information content (AvgIpc) is 3.24. The number of nitrogens with zero attached hydrogens (tertiary/aromatic N) is 3. The third kappa shape index (κ3) is 2.32. The lowest BCUT2D eigenvalue weighted by Gasteiger charge is -2.05. The summed E-state index contributed by atoms with van der Waals surface area (Å²) in [5, 5.41) is 11.3. The predicted molar refractivity (Wildman–Crippen MR) is 80.6 cm³/mol. The molecule has 1 aromatic carbocycles. The van der Waals surface area contributed by atoms with E-state index in [4.69, 9.17) is 9.15 Å². The van der Waals surface area contributed by atoms with E-state index in [0.29, 0.717) is 18.5 Å². The summed E-state index contributed by atoms with van der Waals surface area (Å²) in [5.41, 5.74) is 2.31. The van der Waals surface area contributed by atoms with Crippen LogP contribution in [0, 0.1) is 0 Å². The fraction of sp³-hybridized carbons (Fsp3) is 0.250. The van der Waals surface area contributed by atoms with Crippen LogP contribution in [0.25, 0.3) is 0 Å². The minimum absolute atomic E-state index is 0.199. The maximum absolute atomic E-state index is 5.85. The highest BCUT2D eigenvalue weighted by Gasteiger charge is 2.28. The van der Waals surface area contributed by atoms with Crippen molar-refractivity contribution in [2.45, 2.75) is 19.1 Å². The number of para-hydroxylation sites is 1. The Morgan fingerprint density at radius 2 is 2.14 bits per heavy atom. The maximum atomic E-state index is 5.85. The number of aromatic nitrogens is 3. The molecule has 0 radical (unpaired) electrons. The van der Waals surface area contributed by atoms with E-state index in [1.807, 2.05) is 48.1 Å². The van der Waals surface area contributed by atoms with Gasteiger partial charge in [-0.3, -0.25) is 0 Å². The predicted octanol–water partition coefficient (Wildman–Crippen LogP) is 2.70. The summed E-state index contributed by atoms with van der Waals surface area (Å²) in [4.78, 5) is 0. The number of benzene rings is 1. The van der Waals surface area contributed by atoms with Crippen molar-refractivity contribution >= 4 is 6.01 Å². The summed E-state index contributed by atoms with van der Waals surface area (Å²) in [5.74, 6) is 1.40. The van der Waals surface area contributed by atoms with Crippen molar-refractivity contribution in [3.63, 3.8) is 0 Å². The second-order valence-corrected chi connectivity index (χ2v) is 5.33. The minimum atomic E-state index is -0.199. The van der Waals surface area contributed by atoms with Gasteiger partial charge in [0.05, 0.1) is 6.54 Å². The third-order valence-corrected chi connectivity index (χ3v) is 3.84. The molecule has 3 aromatic rings. The van der Waals surface area contributed by atoms with Gasteiger partial charge in [0, 0.05) is 25.4 Å². The highest BCUT2D eigenvalue weighted by atomic mass is 16.5. The Hall–Kier alpha value is -2.76. The number of hydrogen-bond donors (Lipinski definition) is 1. The molecule has 112 valence electrons. The fourth-order valence-corrected chi connectivity index (χ4v) is 2.60. The zero-order valence-corrected chi connectivity index (χ0v) is 12.2. The van der Waals surface area contributed by atoms with Crippen LogP contribution in [0.5, 0.6) is 5.75 Å². The maximum Gasteiger partial charge on any atom is 0.315 e. The molecule has 0 saturated heterocycles. The van der Waals surface area contributed by atoms with E-state index in [1.165, 1.54) is 5.56 Å². The molecule has 22 heavy (non-hydrogen) atoms. The molecule has 4 rings (SSSR count). The topological polar surface area (TPSA) is 65.1 Å². The van der Waals surface area contributed by atoms with Gasteiger partial charge in [-0.2, -0.15) is 0 Å². The first-order valence-electron chi connectivity index (χ1n) is 7.21. The number of anilines is 1. The van der Waals surface area contributed by atoms with E-state index < -0.39 is 0 Å². The number of aryl methyl sites for hydroxylation is 1. The van der Waals surface area contributed by atoms with Gasteiger partial charge in [0.15, 0.2) is 6.10 Å². The standard InChI is InChI=1S/C16H16N4O2/c1-20-8-4-6-12(20)10-17-16-19-18-15(22-16)14-9-11-5-2-3-7-13(11)21-14/h2-8,14H,9-10H2,1H3,(H,17,19)/t14-/m1/s1. The molecule has 3 heterocycles. The van der Waals surface area contributed by atoms with Crippen molar-refractivity contribution in [2.75, 3.05) is 5.32 Å². The molecule has 6 heteroatoms. The molecule has 6 nitrogen and oxygen atoms in total. The summed E-state index contributed by atoms with van der Waals surface area (Å²) >= 11 is 0. The lowest BCUT2D eigenvalue weighted by Crippen LogP contribution is -2.04. The normalized spacial score (nSPS) is 16.3. The van der Waals surface area contributed by atoms with Gasteiger partial charge in [-0.05, 0) is 23.8 Å². The monoisotopic (exact) mass is 296 g/mol. The van der Waals surface area contributed by atoms with Gasteiger partial charge in [-0.1, -0.05) is 23.3 Å². The van der Waals surface area contributed by atoms with Gasteiger partial charge in [0.1, 0.15) is 5.75 Å². The first kappa shape index (κ1) is 12.9. The molecule has 2 aromatic heterocycles. The van der Waals surface area contributed by atoms with E-state index >= 15 is 0 Å². The van der Waals surface area contributed by atoms with E-state index in [9.17, 15) is 0 Å². The highest BCUT2D eigenvalue weighted by Crippen LogP contribution is 2.35. The van der Waals surface area contributed by atoms with Gasteiger partial charge in [-0.25, -0.2) is 0 Å². The number of hydrogen-bond acceptors (Lipinski definition) is 5. The van der Waals surface area contributed by atoms with E-state index in [0.717, 1.165) is 17.9 Å². The molecular formula is C16H16N4O2. The van der Waals surface area contributed by atoms with Crippen LogP contribution in [0.4, 0.5) is 6.01 Å². The fourth-order valence-electron chi connectivity index (χ4n) is 2.60. The van der Waals surface area contributed by atoms with Gasteiger partial charge in [-0.15, -0.1) is 5.10 Å². The van der Waals surface area contributed by atoms with Gasteiger partial charge < -0.3 is 19.0 Å². The molecule has 0 spiro atoms. The van der Waals surface area contributed by atoms with E-state index in [-0.39, 0.29) is 6.10 Å². The Labute approximate surface area is 127 Å². The second kappa shape index (κ2) is 5.22. The zero-order valence-electron chi connectivity index (χ0n) is 12.2. The third-order valence-electron chi connectivity index (χ3n) is 3.84. The Balaban J connectivity index is 1.43. The molecule has 1 aliphatic rings. The smallest absolute Gasteiger partial charge is 0.315 e. The van der Waals surface area contributed by atoms with Crippen LogP contribution in [-0.4, -0.2) is 14.8 Å². The van der Waals surface area contributed by atoms with Crippen molar-refractivity contribution in [3.05, 3.63) is 59.7 Å². The van der Waals surface area contributed by atoms with Crippen LogP contribution < -0.4 is 10.1 Å². The quantitative estimate of drug-likeness (QED) is 0.802. The van der Waals surface area contributed by atoms with Crippen LogP contribution >= 0.6 is 0 Å². The summed E-state index contributed by atoms with van der Waals surface area (Å²) in [6.45, 7) is 0.636. The van der Waals surface area contributed by atoms with Crippen LogP contribution in [0.2, 0.25) is 0 Å². The molecular weight excluding hydrogens is 280 g/mol. The lowest BCUT2D eigenvalue weighted by molar-refractivity contribution is 0.199. The van der Waals surface area contributed by atoms with Crippen molar-refractivity contribution in [1.82, 2.24) is 14.8 Å². The van der Waals surface area contributed by atoms with Gasteiger partial charge in [0.25, 0.3) is 5.89 Å². The Morgan fingerprint density at radius 3 is 2.95 bits per heavy atom. The first-order chi connectivity index (χ1) is 10.8. The first-order valence-corrected chi connectivity index (χ1v) is 7.21. The average molecular weight is 296 g/mol. The lowest BCUT2D eigenvalue weighted by atomic mass is 10.1. The van der Waals surface area contributed by atoms with Crippen molar-refractivity contribution in [1.29, 1.82) is 0 Å². The summed E-state index contributed by atoms with van der Waals surface area (Å²) in [6.07, 6.45) is 2.56. The molecule has 0 amide bonds. The Bertz CT molecular complexity index is 768. The van der Waals surface area contributed by atoms with Crippen molar-refractivity contribution in [3.8, 4) is 5.75 Å². The summed E-state index contributed by atoms with van der Waals surface area (Å²) in [7, 11) is 2.00. The molecule has 1 atom stereocenters. The molecule has 0 fully saturated rings. The summed E-state index contributed by atoms with van der Waals surface area (Å²) < 4.78 is 13.6. The van der Waals surface area contributed by atoms with Crippen molar-refractivity contribution < 1.29 is 9.15 Å². The van der Waals surface area contributed by atoms with Crippen molar-refractivity contribution in [2.24, 2.45) is 7.05 Å². The largest absolute Gasteiger partial charge is 0.480 e. The number of nitrogens with one attached hydrogen (secondary N) is 1. The zero-order chi connectivity index (χ0) is 14.9. The summed E-state index contributed by atoms with van der Waals surface area (Å²) in [6, 6.07) is 12.4. The van der Waals surface area contributed by atoms with Gasteiger partial charge in [0.2, 0.25) is 0 Å². The van der Waals surface area contributed by atoms with Gasteiger partial charge >= 0.3 is 6.01 Å². The minimum Gasteiger partial charge on any atom is -0.480 e. The molecule has 0 unspecified atom stereocenters. The molecule has 0 saturated carbocycles. The van der Waals surface area contributed by atoms with Crippen LogP contribution in [0.15, 0.2) is 47.0 Å². The number of fused-ring (bicyclic) bond motifs is 1. The SMILES string of the molecule is Cn1cccc1CNc1nnc([C@H]2Cc3ccccc3O2)o1. The second-order valence-electron chi connectivity index (χ2n) is 5.33. The molecule has 1 aliphatic heterocycles. The van der Waals surface area contributed by atoms with E-state index in [1.54, 1.807) is 0 Å². The Kier molecular flexibility index (Phi) is 3.07. The Morgan fingerprint density at radius 1 is 1.23 bits per heavy atom. The van der Waals surface area contributed by atoms with Crippen LogP contribution in [0.1, 0.15) is 23.3 Å². The molecule has 0 bridgehead atoms. The number of ether oxygens (including phenoxy) is 1.